The van der Waals surface area contributed by atoms with Crippen LogP contribution in [0.25, 0.3) is 0 Å². The van der Waals surface area contributed by atoms with Crippen molar-refractivity contribution in [3.05, 3.63) is 29.3 Å². The van der Waals surface area contributed by atoms with Gasteiger partial charge in [-0.3, -0.25) is 0 Å². The van der Waals surface area contributed by atoms with Crippen molar-refractivity contribution in [2.24, 2.45) is 0 Å². The van der Waals surface area contributed by atoms with Gasteiger partial charge in [0, 0.05) is 30.2 Å². The second-order valence-corrected chi connectivity index (χ2v) is 7.62. The molecule has 2 atom stereocenters. The van der Waals surface area contributed by atoms with Gasteiger partial charge in [0.05, 0.1) is 4.90 Å². The summed E-state index contributed by atoms with van der Waals surface area (Å²) in [6.07, 6.45) is 3.11. The summed E-state index contributed by atoms with van der Waals surface area (Å²) < 4.78 is 26.8. The number of benzene rings is 1. The minimum absolute atomic E-state index is 0. The molecule has 2 aliphatic rings. The Bertz CT molecular complexity index is 579. The molecule has 112 valence electrons. The predicted octanol–water partition coefficient (Wildman–Crippen LogP) is 2.28. The van der Waals surface area contributed by atoms with E-state index in [1.165, 1.54) is 6.07 Å². The van der Waals surface area contributed by atoms with Crippen LogP contribution in [-0.2, 0) is 10.0 Å². The zero-order valence-corrected chi connectivity index (χ0v) is 13.3. The number of sulfonamides is 1. The number of fused-ring (bicyclic) bond motifs is 2. The van der Waals surface area contributed by atoms with Gasteiger partial charge in [0.15, 0.2) is 0 Å². The molecule has 0 radical (unpaired) electrons. The van der Waals surface area contributed by atoms with E-state index < -0.39 is 10.0 Å². The van der Waals surface area contributed by atoms with E-state index in [1.807, 2.05) is 0 Å². The standard InChI is InChI=1S/C13H17ClN2O2S.ClH/c14-10-2-1-3-13(8-10)19(17,18)16-7-6-11-4-5-12(9-16)15-11;/h1-3,8,11-12,15H,4-7,9H2;1H. The van der Waals surface area contributed by atoms with Gasteiger partial charge in [-0.25, -0.2) is 8.42 Å². The number of rotatable bonds is 2. The maximum absolute atomic E-state index is 12.6. The van der Waals surface area contributed by atoms with Crippen molar-refractivity contribution >= 4 is 34.0 Å². The van der Waals surface area contributed by atoms with Crippen LogP contribution in [0.1, 0.15) is 19.3 Å². The van der Waals surface area contributed by atoms with Crippen LogP contribution in [0, 0.1) is 0 Å². The molecular formula is C13H18Cl2N2O2S. The van der Waals surface area contributed by atoms with E-state index in [0.29, 0.717) is 30.2 Å². The molecule has 2 bridgehead atoms. The highest BCUT2D eigenvalue weighted by molar-refractivity contribution is 7.89. The number of nitrogens with zero attached hydrogens (tertiary/aromatic N) is 1. The molecular weight excluding hydrogens is 319 g/mol. The first-order chi connectivity index (χ1) is 9.05. The van der Waals surface area contributed by atoms with Crippen LogP contribution in [0.3, 0.4) is 0 Å². The Hall–Kier alpha value is -0.330. The van der Waals surface area contributed by atoms with Gasteiger partial charge >= 0.3 is 0 Å². The van der Waals surface area contributed by atoms with E-state index in [2.05, 4.69) is 5.32 Å². The normalized spacial score (nSPS) is 26.9. The highest BCUT2D eigenvalue weighted by Gasteiger charge is 2.34. The summed E-state index contributed by atoms with van der Waals surface area (Å²) in [4.78, 5) is 0.290. The van der Waals surface area contributed by atoms with Crippen molar-refractivity contribution in [3.8, 4) is 0 Å². The van der Waals surface area contributed by atoms with Crippen LogP contribution in [0.15, 0.2) is 29.2 Å². The lowest BCUT2D eigenvalue weighted by Crippen LogP contribution is -2.39. The van der Waals surface area contributed by atoms with Crippen molar-refractivity contribution in [3.63, 3.8) is 0 Å². The van der Waals surface area contributed by atoms with Gasteiger partial charge in [-0.1, -0.05) is 17.7 Å². The third-order valence-corrected chi connectivity index (χ3v) is 6.02. The van der Waals surface area contributed by atoms with Crippen molar-refractivity contribution in [2.45, 2.75) is 36.2 Å². The maximum Gasteiger partial charge on any atom is 0.243 e. The molecule has 20 heavy (non-hydrogen) atoms. The van der Waals surface area contributed by atoms with Gasteiger partial charge in [0.25, 0.3) is 0 Å². The van der Waals surface area contributed by atoms with Gasteiger partial charge in [-0.15, -0.1) is 12.4 Å². The summed E-state index contributed by atoms with van der Waals surface area (Å²) >= 11 is 5.89. The summed E-state index contributed by atoms with van der Waals surface area (Å²) in [5, 5.41) is 3.94. The summed E-state index contributed by atoms with van der Waals surface area (Å²) in [5.74, 6) is 0. The number of halogens is 2. The minimum Gasteiger partial charge on any atom is -0.310 e. The second-order valence-electron chi connectivity index (χ2n) is 5.25. The molecule has 3 rings (SSSR count). The Morgan fingerprint density at radius 1 is 1.20 bits per heavy atom. The molecule has 0 aromatic heterocycles. The SMILES string of the molecule is Cl.O=S(=O)(c1cccc(Cl)c1)N1CCC2CCC(C1)N2. The Kier molecular flexibility index (Phi) is 4.97. The van der Waals surface area contributed by atoms with E-state index in [-0.39, 0.29) is 17.3 Å². The fourth-order valence-electron chi connectivity index (χ4n) is 2.91. The third-order valence-electron chi connectivity index (χ3n) is 3.92. The Labute approximate surface area is 131 Å². The molecule has 0 spiro atoms. The molecule has 0 amide bonds. The molecule has 1 N–H and O–H groups in total. The highest BCUT2D eigenvalue weighted by Crippen LogP contribution is 2.26. The molecule has 0 saturated carbocycles. The summed E-state index contributed by atoms with van der Waals surface area (Å²) in [6, 6.07) is 7.26. The quantitative estimate of drug-likeness (QED) is 0.901. The summed E-state index contributed by atoms with van der Waals surface area (Å²) in [6.45, 7) is 1.15. The zero-order valence-electron chi connectivity index (χ0n) is 11.0. The molecule has 2 heterocycles. The van der Waals surface area contributed by atoms with E-state index in [1.54, 1.807) is 22.5 Å². The molecule has 0 aliphatic carbocycles. The predicted molar refractivity (Wildman–Crippen MR) is 82.0 cm³/mol. The highest BCUT2D eigenvalue weighted by atomic mass is 35.5. The fourth-order valence-corrected chi connectivity index (χ4v) is 4.71. The lowest BCUT2D eigenvalue weighted by Gasteiger charge is -2.23. The smallest absolute Gasteiger partial charge is 0.243 e. The fraction of sp³-hybridized carbons (Fsp3) is 0.538. The second kappa shape index (κ2) is 6.20. The van der Waals surface area contributed by atoms with Crippen molar-refractivity contribution in [1.82, 2.24) is 9.62 Å². The average Bonchev–Trinajstić information content (AvgIpc) is 2.68. The largest absolute Gasteiger partial charge is 0.310 e. The summed E-state index contributed by atoms with van der Waals surface area (Å²) in [7, 11) is -3.42. The van der Waals surface area contributed by atoms with Crippen LogP contribution >= 0.6 is 24.0 Å². The number of hydrogen-bond donors (Lipinski definition) is 1. The van der Waals surface area contributed by atoms with E-state index in [0.717, 1.165) is 19.3 Å². The van der Waals surface area contributed by atoms with Crippen LogP contribution in [0.4, 0.5) is 0 Å². The van der Waals surface area contributed by atoms with Gasteiger partial charge in [0.2, 0.25) is 10.0 Å². The van der Waals surface area contributed by atoms with Crippen LogP contribution in [-0.4, -0.2) is 37.9 Å². The topological polar surface area (TPSA) is 49.4 Å². The lowest BCUT2D eigenvalue weighted by molar-refractivity contribution is 0.383. The maximum atomic E-state index is 12.6. The molecule has 7 heteroatoms. The van der Waals surface area contributed by atoms with Gasteiger partial charge < -0.3 is 5.32 Å². The van der Waals surface area contributed by atoms with Crippen molar-refractivity contribution in [2.75, 3.05) is 13.1 Å². The van der Waals surface area contributed by atoms with Gasteiger partial charge in [0.1, 0.15) is 0 Å². The zero-order chi connectivity index (χ0) is 13.5. The van der Waals surface area contributed by atoms with Crippen molar-refractivity contribution < 1.29 is 8.42 Å². The molecule has 1 aromatic rings. The number of nitrogens with one attached hydrogen (secondary N) is 1. The Balaban J connectivity index is 0.00000147. The number of hydrogen-bond acceptors (Lipinski definition) is 3. The van der Waals surface area contributed by atoms with E-state index in [4.69, 9.17) is 11.6 Å². The molecule has 2 aliphatic heterocycles. The molecule has 1 aromatic carbocycles. The summed E-state index contributed by atoms with van der Waals surface area (Å²) in [5.41, 5.74) is 0. The molecule has 2 saturated heterocycles. The molecule has 2 fully saturated rings. The minimum atomic E-state index is -3.42. The third kappa shape index (κ3) is 3.12. The van der Waals surface area contributed by atoms with E-state index >= 15 is 0 Å². The molecule has 4 nitrogen and oxygen atoms in total. The van der Waals surface area contributed by atoms with Crippen LogP contribution in [0.5, 0.6) is 0 Å². The van der Waals surface area contributed by atoms with Crippen LogP contribution in [0.2, 0.25) is 5.02 Å². The van der Waals surface area contributed by atoms with Crippen LogP contribution < -0.4 is 5.32 Å². The van der Waals surface area contributed by atoms with Gasteiger partial charge in [-0.2, -0.15) is 4.31 Å². The molecule has 2 unspecified atom stereocenters. The first-order valence-electron chi connectivity index (χ1n) is 6.57. The van der Waals surface area contributed by atoms with E-state index in [9.17, 15) is 8.42 Å². The van der Waals surface area contributed by atoms with Crippen molar-refractivity contribution in [1.29, 1.82) is 0 Å². The average molecular weight is 337 g/mol. The first kappa shape index (κ1) is 16.0. The lowest BCUT2D eigenvalue weighted by atomic mass is 10.1. The Morgan fingerprint density at radius 2 is 1.95 bits per heavy atom. The monoisotopic (exact) mass is 336 g/mol. The first-order valence-corrected chi connectivity index (χ1v) is 8.39. The van der Waals surface area contributed by atoms with Gasteiger partial charge in [-0.05, 0) is 37.5 Å². The Morgan fingerprint density at radius 3 is 2.70 bits per heavy atom.